The molecule has 2 N–H and O–H groups in total. The molecule has 0 unspecified atom stereocenters. The Morgan fingerprint density at radius 2 is 1.47 bits per heavy atom. The van der Waals surface area contributed by atoms with Gasteiger partial charge in [0, 0.05) is 6.20 Å². The van der Waals surface area contributed by atoms with Crippen LogP contribution in [0.4, 0.5) is 0 Å². The first kappa shape index (κ1) is 22.4. The van der Waals surface area contributed by atoms with Crippen molar-refractivity contribution < 1.29 is 29.3 Å². The predicted molar refractivity (Wildman–Crippen MR) is 109 cm³/mol. The van der Waals surface area contributed by atoms with E-state index >= 15 is 0 Å². The number of ether oxygens (including phenoxy) is 1. The molecular formula is C22H22N2O6. The van der Waals surface area contributed by atoms with Crippen molar-refractivity contribution in [2.75, 3.05) is 7.11 Å². The number of aryl methyl sites for hydroxylation is 2. The zero-order chi connectivity index (χ0) is 22.3. The molecule has 1 aromatic heterocycles. The lowest BCUT2D eigenvalue weighted by atomic mass is 10.1. The minimum atomic E-state index is -1.12. The van der Waals surface area contributed by atoms with E-state index in [9.17, 15) is 14.4 Å². The van der Waals surface area contributed by atoms with Crippen molar-refractivity contribution in [1.82, 2.24) is 9.78 Å². The number of aromatic nitrogens is 2. The second-order valence-corrected chi connectivity index (χ2v) is 6.57. The highest BCUT2D eigenvalue weighted by molar-refractivity contribution is 5.94. The first-order valence-corrected chi connectivity index (χ1v) is 8.95. The highest BCUT2D eigenvalue weighted by Gasteiger charge is 2.10. The third-order valence-corrected chi connectivity index (χ3v) is 4.07. The van der Waals surface area contributed by atoms with Crippen LogP contribution in [0.5, 0.6) is 0 Å². The lowest BCUT2D eigenvalue weighted by molar-refractivity contribution is 0.0591. The van der Waals surface area contributed by atoms with E-state index in [1.807, 2.05) is 6.92 Å². The molecule has 0 amide bonds. The van der Waals surface area contributed by atoms with E-state index in [4.69, 9.17) is 10.2 Å². The van der Waals surface area contributed by atoms with E-state index in [0.717, 1.165) is 11.6 Å². The number of hydrogen-bond acceptors (Lipinski definition) is 5. The molecule has 3 rings (SSSR count). The zero-order valence-corrected chi connectivity index (χ0v) is 16.8. The molecule has 30 heavy (non-hydrogen) atoms. The van der Waals surface area contributed by atoms with Crippen LogP contribution in [0, 0.1) is 13.8 Å². The number of carbonyl (C=O) groups excluding carboxylic acids is 1. The minimum absolute atomic E-state index is 0.00241. The molecule has 3 aromatic rings. The normalized spacial score (nSPS) is 9.97. The molecule has 1 heterocycles. The first-order valence-electron chi connectivity index (χ1n) is 8.95. The van der Waals surface area contributed by atoms with Crippen LogP contribution in [0.3, 0.4) is 0 Å². The fourth-order valence-electron chi connectivity index (χ4n) is 2.57. The molecule has 0 aliphatic carbocycles. The van der Waals surface area contributed by atoms with Gasteiger partial charge in [0.1, 0.15) is 0 Å². The van der Waals surface area contributed by atoms with E-state index in [0.29, 0.717) is 17.8 Å². The van der Waals surface area contributed by atoms with Gasteiger partial charge in [-0.2, -0.15) is 5.10 Å². The largest absolute Gasteiger partial charge is 0.478 e. The van der Waals surface area contributed by atoms with Crippen molar-refractivity contribution in [3.8, 4) is 0 Å². The quantitative estimate of drug-likeness (QED) is 0.619. The Hall–Kier alpha value is -3.94. The summed E-state index contributed by atoms with van der Waals surface area (Å²) in [6.45, 7) is 4.35. The van der Waals surface area contributed by atoms with Crippen molar-refractivity contribution in [3.05, 3.63) is 88.2 Å². The zero-order valence-electron chi connectivity index (χ0n) is 16.8. The van der Waals surface area contributed by atoms with Crippen LogP contribution in [-0.2, 0) is 11.3 Å². The van der Waals surface area contributed by atoms with Gasteiger partial charge in [-0.25, -0.2) is 14.4 Å². The fourth-order valence-corrected chi connectivity index (χ4v) is 2.57. The van der Waals surface area contributed by atoms with Crippen LogP contribution in [0.2, 0.25) is 0 Å². The molecule has 0 atom stereocenters. The third-order valence-electron chi connectivity index (χ3n) is 4.07. The predicted octanol–water partition coefficient (Wildman–Crippen LogP) is 3.42. The Morgan fingerprint density at radius 3 is 1.97 bits per heavy atom. The second kappa shape index (κ2) is 10.0. The minimum Gasteiger partial charge on any atom is -0.478 e. The number of rotatable bonds is 5. The van der Waals surface area contributed by atoms with Crippen LogP contribution in [0.15, 0.2) is 54.7 Å². The molecule has 0 aliphatic rings. The standard InChI is InChI=1S/C13H14N2O2.C9H8O4/c1-10-3-5-11(6-4-10)9-15-8-7-12(14-15)13(16)17-2;1-5-2-6(8(10)11)4-7(3-5)9(12)13/h3-8H,9H2,1-2H3;2-4H,1H3,(H,10,11)(H,12,13). The molecule has 0 saturated heterocycles. The molecule has 2 aromatic carbocycles. The maximum Gasteiger partial charge on any atom is 0.358 e. The second-order valence-electron chi connectivity index (χ2n) is 6.57. The van der Waals surface area contributed by atoms with Crippen molar-refractivity contribution in [3.63, 3.8) is 0 Å². The summed E-state index contributed by atoms with van der Waals surface area (Å²) < 4.78 is 6.32. The summed E-state index contributed by atoms with van der Waals surface area (Å²) in [5.74, 6) is -2.65. The fraction of sp³-hybridized carbons (Fsp3) is 0.182. The van der Waals surface area contributed by atoms with Gasteiger partial charge in [0.15, 0.2) is 5.69 Å². The van der Waals surface area contributed by atoms with Gasteiger partial charge >= 0.3 is 17.9 Å². The van der Waals surface area contributed by atoms with E-state index in [2.05, 4.69) is 34.1 Å². The lowest BCUT2D eigenvalue weighted by Gasteiger charge is -2.02. The maximum absolute atomic E-state index is 11.2. The van der Waals surface area contributed by atoms with E-state index < -0.39 is 17.9 Å². The monoisotopic (exact) mass is 410 g/mol. The number of carboxylic acids is 2. The average molecular weight is 410 g/mol. The van der Waals surface area contributed by atoms with Gasteiger partial charge in [0.25, 0.3) is 0 Å². The Balaban J connectivity index is 0.000000222. The van der Waals surface area contributed by atoms with Gasteiger partial charge < -0.3 is 14.9 Å². The Labute approximate surface area is 173 Å². The van der Waals surface area contributed by atoms with Crippen molar-refractivity contribution in [1.29, 1.82) is 0 Å². The molecule has 8 nitrogen and oxygen atoms in total. The number of nitrogens with zero attached hydrogens (tertiary/aromatic N) is 2. The van der Waals surface area contributed by atoms with Gasteiger partial charge in [0.2, 0.25) is 0 Å². The third kappa shape index (κ3) is 6.30. The Kier molecular flexibility index (Phi) is 7.46. The summed E-state index contributed by atoms with van der Waals surface area (Å²) >= 11 is 0. The molecule has 156 valence electrons. The van der Waals surface area contributed by atoms with Crippen molar-refractivity contribution in [2.24, 2.45) is 0 Å². The number of methoxy groups -OCH3 is 1. The topological polar surface area (TPSA) is 119 Å². The number of aromatic carboxylic acids is 2. The SMILES string of the molecule is COC(=O)c1ccn(Cc2ccc(C)cc2)n1.Cc1cc(C(=O)O)cc(C(=O)O)c1. The molecule has 0 fully saturated rings. The van der Waals surface area contributed by atoms with Gasteiger partial charge in [0.05, 0.1) is 24.8 Å². The average Bonchev–Trinajstić information content (AvgIpc) is 3.17. The number of benzene rings is 2. The smallest absolute Gasteiger partial charge is 0.358 e. The molecular weight excluding hydrogens is 388 g/mol. The number of esters is 1. The summed E-state index contributed by atoms with van der Waals surface area (Å²) in [4.78, 5) is 32.3. The molecule has 0 aliphatic heterocycles. The maximum atomic E-state index is 11.2. The highest BCUT2D eigenvalue weighted by Crippen LogP contribution is 2.10. The summed E-state index contributed by atoms with van der Waals surface area (Å²) in [5, 5.41) is 21.4. The number of hydrogen-bond donors (Lipinski definition) is 2. The van der Waals surface area contributed by atoms with E-state index in [1.165, 1.54) is 24.8 Å². The van der Waals surface area contributed by atoms with Gasteiger partial charge in [-0.3, -0.25) is 4.68 Å². The summed E-state index contributed by atoms with van der Waals surface area (Å²) in [7, 11) is 1.35. The Bertz CT molecular complexity index is 1020. The summed E-state index contributed by atoms with van der Waals surface area (Å²) in [5.41, 5.74) is 3.33. The van der Waals surface area contributed by atoms with E-state index in [-0.39, 0.29) is 11.1 Å². The molecule has 0 bridgehead atoms. The van der Waals surface area contributed by atoms with Crippen LogP contribution in [0.25, 0.3) is 0 Å². The molecule has 0 spiro atoms. The molecule has 0 saturated carbocycles. The summed E-state index contributed by atoms with van der Waals surface area (Å²) in [6, 6.07) is 13.9. The van der Waals surface area contributed by atoms with Crippen molar-refractivity contribution >= 4 is 17.9 Å². The highest BCUT2D eigenvalue weighted by atomic mass is 16.5. The number of carbonyl (C=O) groups is 3. The van der Waals surface area contributed by atoms with Crippen LogP contribution in [0.1, 0.15) is 47.9 Å². The number of carboxylic acid groups (broad SMARTS) is 2. The van der Waals surface area contributed by atoms with E-state index in [1.54, 1.807) is 23.9 Å². The van der Waals surface area contributed by atoms with Crippen LogP contribution >= 0.6 is 0 Å². The van der Waals surface area contributed by atoms with Crippen LogP contribution < -0.4 is 0 Å². The Morgan fingerprint density at radius 1 is 0.900 bits per heavy atom. The van der Waals surface area contributed by atoms with Gasteiger partial charge in [-0.05, 0) is 49.2 Å². The van der Waals surface area contributed by atoms with Crippen molar-refractivity contribution in [2.45, 2.75) is 20.4 Å². The lowest BCUT2D eigenvalue weighted by Crippen LogP contribution is -2.05. The first-order chi connectivity index (χ1) is 14.2. The van der Waals surface area contributed by atoms with Crippen LogP contribution in [-0.4, -0.2) is 45.0 Å². The summed E-state index contributed by atoms with van der Waals surface area (Å²) in [6.07, 6.45) is 1.77. The van der Waals surface area contributed by atoms with Gasteiger partial charge in [-0.15, -0.1) is 0 Å². The molecule has 8 heteroatoms. The van der Waals surface area contributed by atoms with Gasteiger partial charge in [-0.1, -0.05) is 29.8 Å². The molecule has 0 radical (unpaired) electrons.